The van der Waals surface area contributed by atoms with E-state index < -0.39 is 0 Å². The maximum Gasteiger partial charge on any atom is 0.251 e. The highest BCUT2D eigenvalue weighted by atomic mass is 16.5. The van der Waals surface area contributed by atoms with Gasteiger partial charge in [-0.25, -0.2) is 0 Å². The molecule has 1 amide bonds. The summed E-state index contributed by atoms with van der Waals surface area (Å²) in [5.41, 5.74) is 1.97. The summed E-state index contributed by atoms with van der Waals surface area (Å²) in [6.07, 6.45) is 0. The van der Waals surface area contributed by atoms with Crippen molar-refractivity contribution < 1.29 is 9.53 Å². The fraction of sp³-hybridized carbons (Fsp3) is 0.125. The number of para-hydroxylation sites is 1. The fourth-order valence-corrected chi connectivity index (χ4v) is 1.82. The first-order valence-electron chi connectivity index (χ1n) is 6.15. The fourth-order valence-electron chi connectivity index (χ4n) is 1.82. The van der Waals surface area contributed by atoms with Gasteiger partial charge in [0.2, 0.25) is 0 Å². The third-order valence-corrected chi connectivity index (χ3v) is 2.91. The molecule has 0 atom stereocenters. The Morgan fingerprint density at radius 3 is 2.55 bits per heavy atom. The van der Waals surface area contributed by atoms with Gasteiger partial charge in [-0.3, -0.25) is 4.79 Å². The summed E-state index contributed by atoms with van der Waals surface area (Å²) in [7, 11) is 1.60. The Balaban J connectivity index is 2.03. The van der Waals surface area contributed by atoms with Gasteiger partial charge in [-0.15, -0.1) is 0 Å². The van der Waals surface area contributed by atoms with Crippen LogP contribution in [0.25, 0.3) is 0 Å². The Morgan fingerprint density at radius 1 is 1.20 bits per heavy atom. The molecule has 0 aliphatic carbocycles. The Kier molecular flexibility index (Phi) is 4.35. The van der Waals surface area contributed by atoms with E-state index in [0.29, 0.717) is 17.7 Å². The van der Waals surface area contributed by atoms with Crippen molar-refractivity contribution in [2.45, 2.75) is 6.54 Å². The highest BCUT2D eigenvalue weighted by Gasteiger charge is 2.07. The number of carbonyl (C=O) groups is 1. The van der Waals surface area contributed by atoms with Crippen LogP contribution in [0.3, 0.4) is 0 Å². The minimum absolute atomic E-state index is 0.180. The number of benzene rings is 2. The third kappa shape index (κ3) is 3.15. The summed E-state index contributed by atoms with van der Waals surface area (Å²) in [5.74, 6) is 0.563. The first-order valence-corrected chi connectivity index (χ1v) is 6.15. The maximum atomic E-state index is 12.0. The smallest absolute Gasteiger partial charge is 0.251 e. The molecule has 100 valence electrons. The van der Waals surface area contributed by atoms with E-state index in [1.807, 2.05) is 30.3 Å². The molecule has 0 aromatic heterocycles. The second kappa shape index (κ2) is 6.39. The Morgan fingerprint density at radius 2 is 1.90 bits per heavy atom. The molecule has 0 aliphatic heterocycles. The van der Waals surface area contributed by atoms with E-state index in [4.69, 9.17) is 10.00 Å². The van der Waals surface area contributed by atoms with Gasteiger partial charge in [-0.2, -0.15) is 5.26 Å². The van der Waals surface area contributed by atoms with Gasteiger partial charge in [0.15, 0.2) is 0 Å². The molecule has 2 rings (SSSR count). The van der Waals surface area contributed by atoms with Crippen LogP contribution in [0.15, 0.2) is 48.5 Å². The van der Waals surface area contributed by atoms with Gasteiger partial charge >= 0.3 is 0 Å². The number of nitrogens with zero attached hydrogens (tertiary/aromatic N) is 1. The SMILES string of the molecule is COc1ccccc1CNC(=O)c1ccc(C#N)cc1. The highest BCUT2D eigenvalue weighted by Crippen LogP contribution is 2.16. The van der Waals surface area contributed by atoms with Gasteiger partial charge in [-0.1, -0.05) is 18.2 Å². The molecule has 0 unspecified atom stereocenters. The van der Waals surface area contributed by atoms with Crippen molar-refractivity contribution in [3.05, 3.63) is 65.2 Å². The third-order valence-electron chi connectivity index (χ3n) is 2.91. The van der Waals surface area contributed by atoms with Gasteiger partial charge < -0.3 is 10.1 Å². The summed E-state index contributed by atoms with van der Waals surface area (Å²) in [6, 6.07) is 16.1. The number of carbonyl (C=O) groups excluding carboxylic acids is 1. The number of rotatable bonds is 4. The van der Waals surface area contributed by atoms with Crippen LogP contribution in [-0.2, 0) is 6.54 Å². The molecule has 0 spiro atoms. The first-order chi connectivity index (χ1) is 9.74. The van der Waals surface area contributed by atoms with Crippen LogP contribution in [0.2, 0.25) is 0 Å². The topological polar surface area (TPSA) is 62.1 Å². The number of hydrogen-bond acceptors (Lipinski definition) is 3. The highest BCUT2D eigenvalue weighted by molar-refractivity contribution is 5.94. The summed E-state index contributed by atoms with van der Waals surface area (Å²) >= 11 is 0. The van der Waals surface area contributed by atoms with Crippen molar-refractivity contribution in [2.24, 2.45) is 0 Å². The van der Waals surface area contributed by atoms with Crippen molar-refractivity contribution >= 4 is 5.91 Å². The lowest BCUT2D eigenvalue weighted by Gasteiger charge is -2.09. The number of nitriles is 1. The summed E-state index contributed by atoms with van der Waals surface area (Å²) in [4.78, 5) is 12.0. The molecule has 0 aliphatic rings. The van der Waals surface area contributed by atoms with Crippen molar-refractivity contribution in [1.29, 1.82) is 5.26 Å². The zero-order chi connectivity index (χ0) is 14.4. The first kappa shape index (κ1) is 13.6. The van der Waals surface area contributed by atoms with Gasteiger partial charge in [0.25, 0.3) is 5.91 Å². The normalized spacial score (nSPS) is 9.60. The average Bonchev–Trinajstić information content (AvgIpc) is 2.53. The molecule has 2 aromatic carbocycles. The van der Waals surface area contributed by atoms with E-state index in [1.165, 1.54) is 0 Å². The number of nitrogens with one attached hydrogen (secondary N) is 1. The van der Waals surface area contributed by atoms with Gasteiger partial charge in [0.05, 0.1) is 18.7 Å². The lowest BCUT2D eigenvalue weighted by Crippen LogP contribution is -2.23. The van der Waals surface area contributed by atoms with Gasteiger partial charge in [0.1, 0.15) is 5.75 Å². The molecule has 0 saturated heterocycles. The molecule has 0 bridgehead atoms. The molecular weight excluding hydrogens is 252 g/mol. The minimum atomic E-state index is -0.180. The minimum Gasteiger partial charge on any atom is -0.496 e. The second-order valence-electron chi connectivity index (χ2n) is 4.18. The predicted molar refractivity (Wildman–Crippen MR) is 75.3 cm³/mol. The lowest BCUT2D eigenvalue weighted by atomic mass is 10.1. The van der Waals surface area contributed by atoms with E-state index in [0.717, 1.165) is 11.3 Å². The van der Waals surface area contributed by atoms with Crippen LogP contribution in [0.4, 0.5) is 0 Å². The van der Waals surface area contributed by atoms with Crippen molar-refractivity contribution in [1.82, 2.24) is 5.32 Å². The van der Waals surface area contributed by atoms with Crippen molar-refractivity contribution in [3.63, 3.8) is 0 Å². The quantitative estimate of drug-likeness (QED) is 0.924. The molecule has 0 fully saturated rings. The summed E-state index contributed by atoms with van der Waals surface area (Å²) in [6.45, 7) is 0.392. The molecule has 0 radical (unpaired) electrons. The molecule has 1 N–H and O–H groups in total. The van der Waals surface area contributed by atoms with Crippen molar-refractivity contribution in [3.8, 4) is 11.8 Å². The predicted octanol–water partition coefficient (Wildman–Crippen LogP) is 2.50. The Hall–Kier alpha value is -2.80. The van der Waals surface area contributed by atoms with Gasteiger partial charge in [0, 0.05) is 17.7 Å². The number of ether oxygens (including phenoxy) is 1. The van der Waals surface area contributed by atoms with Crippen LogP contribution in [0.1, 0.15) is 21.5 Å². The molecule has 2 aromatic rings. The standard InChI is InChI=1S/C16H14N2O2/c1-20-15-5-3-2-4-14(15)11-18-16(19)13-8-6-12(10-17)7-9-13/h2-9H,11H2,1H3,(H,18,19). The molecule has 0 heterocycles. The largest absolute Gasteiger partial charge is 0.496 e. The van der Waals surface area contributed by atoms with Gasteiger partial charge in [-0.05, 0) is 30.3 Å². The number of methoxy groups -OCH3 is 1. The zero-order valence-corrected chi connectivity index (χ0v) is 11.1. The molecular formula is C16H14N2O2. The van der Waals surface area contributed by atoms with E-state index in [9.17, 15) is 4.79 Å². The van der Waals surface area contributed by atoms with Crippen LogP contribution >= 0.6 is 0 Å². The second-order valence-corrected chi connectivity index (χ2v) is 4.18. The lowest BCUT2D eigenvalue weighted by molar-refractivity contribution is 0.0950. The van der Waals surface area contributed by atoms with Crippen LogP contribution in [0, 0.1) is 11.3 Å². The number of hydrogen-bond donors (Lipinski definition) is 1. The van der Waals surface area contributed by atoms with Crippen LogP contribution in [-0.4, -0.2) is 13.0 Å². The average molecular weight is 266 g/mol. The molecule has 0 saturated carbocycles. The Labute approximate surface area is 117 Å². The molecule has 4 nitrogen and oxygen atoms in total. The number of amides is 1. The van der Waals surface area contributed by atoms with E-state index in [2.05, 4.69) is 5.32 Å². The van der Waals surface area contributed by atoms with Crippen molar-refractivity contribution in [2.75, 3.05) is 7.11 Å². The van der Waals surface area contributed by atoms with Crippen LogP contribution in [0.5, 0.6) is 5.75 Å². The van der Waals surface area contributed by atoms with Crippen LogP contribution < -0.4 is 10.1 Å². The maximum absolute atomic E-state index is 12.0. The molecule has 20 heavy (non-hydrogen) atoms. The Bertz CT molecular complexity index is 642. The van der Waals surface area contributed by atoms with E-state index in [-0.39, 0.29) is 5.91 Å². The molecule has 4 heteroatoms. The van der Waals surface area contributed by atoms with E-state index >= 15 is 0 Å². The zero-order valence-electron chi connectivity index (χ0n) is 11.1. The summed E-state index contributed by atoms with van der Waals surface area (Å²) in [5, 5.41) is 11.5. The summed E-state index contributed by atoms with van der Waals surface area (Å²) < 4.78 is 5.23. The monoisotopic (exact) mass is 266 g/mol. The van der Waals surface area contributed by atoms with E-state index in [1.54, 1.807) is 31.4 Å².